The highest BCUT2D eigenvalue weighted by Crippen LogP contribution is 2.23. The molecule has 0 aromatic heterocycles. The lowest BCUT2D eigenvalue weighted by Gasteiger charge is -2.16. The van der Waals surface area contributed by atoms with Gasteiger partial charge in [-0.3, -0.25) is 0 Å². The predicted molar refractivity (Wildman–Crippen MR) is 62.5 cm³/mol. The zero-order valence-corrected chi connectivity index (χ0v) is 10.1. The number of para-hydroxylation sites is 1. The monoisotopic (exact) mass is 257 g/mol. The fourth-order valence-electron chi connectivity index (χ4n) is 0.940. The molecular weight excluding hydrogens is 242 g/mol. The molecule has 1 rings (SSSR count). The minimum absolute atomic E-state index is 0.0853. The van der Waals surface area contributed by atoms with Crippen molar-refractivity contribution in [1.29, 1.82) is 0 Å². The molecule has 0 aliphatic heterocycles. The van der Waals surface area contributed by atoms with Crippen molar-refractivity contribution < 1.29 is 4.74 Å². The number of hydrogen-bond donors (Lipinski definition) is 1. The van der Waals surface area contributed by atoms with Crippen molar-refractivity contribution in [2.45, 2.75) is 19.9 Å². The summed E-state index contributed by atoms with van der Waals surface area (Å²) >= 11 is 3.42. The van der Waals surface area contributed by atoms with Crippen LogP contribution in [0.1, 0.15) is 13.8 Å². The third-order valence-electron chi connectivity index (χ3n) is 2.12. The van der Waals surface area contributed by atoms with Gasteiger partial charge in [-0.15, -0.1) is 0 Å². The lowest BCUT2D eigenvalue weighted by Crippen LogP contribution is -2.33. The number of benzene rings is 1. The maximum absolute atomic E-state index is 5.87. The van der Waals surface area contributed by atoms with Gasteiger partial charge in [-0.05, 0) is 34.0 Å². The highest BCUT2D eigenvalue weighted by Gasteiger charge is 2.08. The molecule has 0 heterocycles. The Hall–Kier alpha value is -0.540. The van der Waals surface area contributed by atoms with E-state index in [2.05, 4.69) is 29.8 Å². The predicted octanol–water partition coefficient (Wildman–Crippen LogP) is 2.81. The SMILES string of the molecule is CC(C)[C@H](N)COc1ccccc1Br. The van der Waals surface area contributed by atoms with E-state index in [4.69, 9.17) is 10.5 Å². The van der Waals surface area contributed by atoms with E-state index in [1.54, 1.807) is 0 Å². The maximum atomic E-state index is 5.87. The van der Waals surface area contributed by atoms with Gasteiger partial charge < -0.3 is 10.5 Å². The molecule has 0 bridgehead atoms. The summed E-state index contributed by atoms with van der Waals surface area (Å²) in [5, 5.41) is 0. The highest BCUT2D eigenvalue weighted by molar-refractivity contribution is 9.10. The number of rotatable bonds is 4. The Morgan fingerprint density at radius 1 is 1.36 bits per heavy atom. The fourth-order valence-corrected chi connectivity index (χ4v) is 1.34. The van der Waals surface area contributed by atoms with Gasteiger partial charge in [-0.25, -0.2) is 0 Å². The summed E-state index contributed by atoms with van der Waals surface area (Å²) in [4.78, 5) is 0. The third kappa shape index (κ3) is 3.31. The minimum Gasteiger partial charge on any atom is -0.491 e. The average molecular weight is 258 g/mol. The van der Waals surface area contributed by atoms with E-state index in [1.165, 1.54) is 0 Å². The van der Waals surface area contributed by atoms with Crippen LogP contribution in [0.5, 0.6) is 5.75 Å². The smallest absolute Gasteiger partial charge is 0.133 e. The molecule has 3 heteroatoms. The second-order valence-electron chi connectivity index (χ2n) is 3.65. The summed E-state index contributed by atoms with van der Waals surface area (Å²) in [6, 6.07) is 7.87. The Morgan fingerprint density at radius 3 is 2.57 bits per heavy atom. The molecule has 0 amide bonds. The van der Waals surface area contributed by atoms with Gasteiger partial charge in [0.05, 0.1) is 4.47 Å². The number of halogens is 1. The molecule has 0 aliphatic rings. The van der Waals surface area contributed by atoms with Gasteiger partial charge in [0, 0.05) is 6.04 Å². The van der Waals surface area contributed by atoms with Crippen molar-refractivity contribution in [2.75, 3.05) is 6.61 Å². The minimum atomic E-state index is 0.0853. The molecule has 0 saturated heterocycles. The van der Waals surface area contributed by atoms with Crippen molar-refractivity contribution in [3.8, 4) is 5.75 Å². The van der Waals surface area contributed by atoms with E-state index < -0.39 is 0 Å². The molecule has 0 aliphatic carbocycles. The van der Waals surface area contributed by atoms with Gasteiger partial charge in [0.1, 0.15) is 12.4 Å². The average Bonchev–Trinajstić information content (AvgIpc) is 2.16. The van der Waals surface area contributed by atoms with Crippen molar-refractivity contribution in [2.24, 2.45) is 11.7 Å². The van der Waals surface area contributed by atoms with E-state index in [9.17, 15) is 0 Å². The van der Waals surface area contributed by atoms with Crippen LogP contribution in [0.4, 0.5) is 0 Å². The molecule has 0 spiro atoms. The van der Waals surface area contributed by atoms with Crippen molar-refractivity contribution in [3.63, 3.8) is 0 Å². The van der Waals surface area contributed by atoms with Crippen LogP contribution in [0.3, 0.4) is 0 Å². The quantitative estimate of drug-likeness (QED) is 0.901. The first kappa shape index (κ1) is 11.5. The standard InChI is InChI=1S/C11H16BrNO/c1-8(2)10(13)7-14-11-6-4-3-5-9(11)12/h3-6,8,10H,7,13H2,1-2H3/t10-/m1/s1. The first-order valence-electron chi connectivity index (χ1n) is 4.74. The van der Waals surface area contributed by atoms with Gasteiger partial charge in [0.25, 0.3) is 0 Å². The Balaban J connectivity index is 2.50. The summed E-state index contributed by atoms with van der Waals surface area (Å²) in [6.07, 6.45) is 0. The second kappa shape index (κ2) is 5.37. The molecule has 2 nitrogen and oxygen atoms in total. The largest absolute Gasteiger partial charge is 0.491 e. The van der Waals surface area contributed by atoms with Gasteiger partial charge in [0.2, 0.25) is 0 Å². The molecule has 0 unspecified atom stereocenters. The molecule has 14 heavy (non-hydrogen) atoms. The Bertz CT molecular complexity index is 288. The van der Waals surface area contributed by atoms with Crippen LogP contribution >= 0.6 is 15.9 Å². The van der Waals surface area contributed by atoms with Gasteiger partial charge in [-0.2, -0.15) is 0 Å². The van der Waals surface area contributed by atoms with Crippen molar-refractivity contribution >= 4 is 15.9 Å². The van der Waals surface area contributed by atoms with E-state index in [-0.39, 0.29) is 6.04 Å². The Labute approximate surface area is 93.6 Å². The van der Waals surface area contributed by atoms with Crippen LogP contribution in [0.15, 0.2) is 28.7 Å². The molecular formula is C11H16BrNO. The lowest BCUT2D eigenvalue weighted by molar-refractivity contribution is 0.258. The van der Waals surface area contributed by atoms with Crippen LogP contribution in [0.25, 0.3) is 0 Å². The fraction of sp³-hybridized carbons (Fsp3) is 0.455. The van der Waals surface area contributed by atoms with Gasteiger partial charge >= 0.3 is 0 Å². The third-order valence-corrected chi connectivity index (χ3v) is 2.78. The summed E-state index contributed by atoms with van der Waals surface area (Å²) in [5.74, 6) is 1.29. The van der Waals surface area contributed by atoms with E-state index in [0.29, 0.717) is 12.5 Å². The van der Waals surface area contributed by atoms with Crippen molar-refractivity contribution in [1.82, 2.24) is 0 Å². The molecule has 0 radical (unpaired) electrons. The molecule has 2 N–H and O–H groups in total. The lowest BCUT2D eigenvalue weighted by atomic mass is 10.1. The molecule has 78 valence electrons. The molecule has 1 aromatic carbocycles. The summed E-state index contributed by atoms with van der Waals surface area (Å²) in [7, 11) is 0. The Morgan fingerprint density at radius 2 is 2.00 bits per heavy atom. The molecule has 1 aromatic rings. The van der Waals surface area contributed by atoms with Crippen LogP contribution in [0, 0.1) is 5.92 Å². The van der Waals surface area contributed by atoms with Crippen molar-refractivity contribution in [3.05, 3.63) is 28.7 Å². The van der Waals surface area contributed by atoms with Crippen LogP contribution in [-0.4, -0.2) is 12.6 Å². The normalized spacial score (nSPS) is 12.9. The number of hydrogen-bond acceptors (Lipinski definition) is 2. The molecule has 0 saturated carbocycles. The first-order chi connectivity index (χ1) is 6.61. The van der Waals surface area contributed by atoms with Gasteiger partial charge in [-0.1, -0.05) is 26.0 Å². The Kier molecular flexibility index (Phi) is 4.42. The van der Waals surface area contributed by atoms with Crippen LogP contribution < -0.4 is 10.5 Å². The maximum Gasteiger partial charge on any atom is 0.133 e. The molecule has 1 atom stereocenters. The summed E-state index contributed by atoms with van der Waals surface area (Å²) in [6.45, 7) is 4.74. The number of ether oxygens (including phenoxy) is 1. The molecule has 0 fully saturated rings. The zero-order valence-electron chi connectivity index (χ0n) is 8.53. The second-order valence-corrected chi connectivity index (χ2v) is 4.50. The highest BCUT2D eigenvalue weighted by atomic mass is 79.9. The van der Waals surface area contributed by atoms with Crippen LogP contribution in [-0.2, 0) is 0 Å². The summed E-state index contributed by atoms with van der Waals surface area (Å²) in [5.41, 5.74) is 5.87. The van der Waals surface area contributed by atoms with Gasteiger partial charge in [0.15, 0.2) is 0 Å². The first-order valence-corrected chi connectivity index (χ1v) is 5.53. The topological polar surface area (TPSA) is 35.2 Å². The van der Waals surface area contributed by atoms with E-state index in [0.717, 1.165) is 10.2 Å². The van der Waals surface area contributed by atoms with E-state index >= 15 is 0 Å². The van der Waals surface area contributed by atoms with Crippen LogP contribution in [0.2, 0.25) is 0 Å². The number of nitrogens with two attached hydrogens (primary N) is 1. The zero-order chi connectivity index (χ0) is 10.6. The van der Waals surface area contributed by atoms with E-state index in [1.807, 2.05) is 24.3 Å². The summed E-state index contributed by atoms with van der Waals surface area (Å²) < 4.78 is 6.56.